The average Bonchev–Trinajstić information content (AvgIpc) is 3.25. The number of rotatable bonds is 6. The van der Waals surface area contributed by atoms with Crippen LogP contribution in [0.3, 0.4) is 0 Å². The Morgan fingerprint density at radius 3 is 2.78 bits per heavy atom. The number of hydrogen-bond acceptors (Lipinski definition) is 7. The maximum Gasteiger partial charge on any atom is 0.328 e. The van der Waals surface area contributed by atoms with E-state index in [0.717, 1.165) is 28.6 Å². The zero-order valence-electron chi connectivity index (χ0n) is 15.3. The van der Waals surface area contributed by atoms with Crippen LogP contribution in [-0.2, 0) is 4.79 Å². The molecule has 8 nitrogen and oxygen atoms in total. The van der Waals surface area contributed by atoms with Crippen molar-refractivity contribution in [2.24, 2.45) is 0 Å². The van der Waals surface area contributed by atoms with Gasteiger partial charge in [-0.05, 0) is 31.9 Å². The van der Waals surface area contributed by atoms with Crippen LogP contribution >= 0.6 is 11.3 Å². The zero-order chi connectivity index (χ0) is 19.7. The van der Waals surface area contributed by atoms with Crippen molar-refractivity contribution in [2.45, 2.75) is 44.8 Å². The molecule has 0 fully saturated rings. The number of aliphatic hydroxyl groups is 1. The summed E-state index contributed by atoms with van der Waals surface area (Å²) >= 11 is 1.32. The second kappa shape index (κ2) is 7.61. The van der Waals surface area contributed by atoms with E-state index in [4.69, 9.17) is 5.11 Å². The fraction of sp³-hybridized carbons (Fsp3) is 0.444. The lowest BCUT2D eigenvalue weighted by Gasteiger charge is -2.18. The van der Waals surface area contributed by atoms with E-state index < -0.39 is 24.0 Å². The van der Waals surface area contributed by atoms with Gasteiger partial charge in [0.2, 0.25) is 0 Å². The van der Waals surface area contributed by atoms with E-state index >= 15 is 0 Å². The van der Waals surface area contributed by atoms with Crippen molar-refractivity contribution in [1.29, 1.82) is 0 Å². The maximum absolute atomic E-state index is 12.3. The molecule has 0 aliphatic carbocycles. The third-order valence-corrected chi connectivity index (χ3v) is 6.05. The van der Waals surface area contributed by atoms with E-state index in [-0.39, 0.29) is 11.8 Å². The summed E-state index contributed by atoms with van der Waals surface area (Å²) in [6, 6.07) is 2.23. The molecule has 0 saturated carbocycles. The summed E-state index contributed by atoms with van der Waals surface area (Å²) in [4.78, 5) is 33.6. The molecule has 2 aromatic heterocycles. The predicted octanol–water partition coefficient (Wildman–Crippen LogP) is 1.72. The van der Waals surface area contributed by atoms with Crippen LogP contribution in [0, 0.1) is 6.92 Å². The van der Waals surface area contributed by atoms with Gasteiger partial charge in [-0.3, -0.25) is 4.79 Å². The molecule has 1 aliphatic heterocycles. The van der Waals surface area contributed by atoms with Gasteiger partial charge in [0.15, 0.2) is 6.04 Å². The molecule has 3 heterocycles. The molecule has 0 radical (unpaired) electrons. The van der Waals surface area contributed by atoms with Crippen molar-refractivity contribution >= 4 is 29.0 Å². The Kier molecular flexibility index (Phi) is 5.43. The minimum absolute atomic E-state index is 0.142. The lowest BCUT2D eigenvalue weighted by Crippen LogP contribution is -2.47. The van der Waals surface area contributed by atoms with Crippen molar-refractivity contribution in [2.75, 3.05) is 11.9 Å². The molecule has 9 heteroatoms. The van der Waals surface area contributed by atoms with E-state index in [1.54, 1.807) is 6.07 Å². The number of carbonyl (C=O) groups is 2. The van der Waals surface area contributed by atoms with Crippen molar-refractivity contribution < 1.29 is 19.8 Å². The normalized spacial score (nSPS) is 18.9. The molecule has 144 valence electrons. The van der Waals surface area contributed by atoms with Crippen molar-refractivity contribution in [3.05, 3.63) is 39.5 Å². The number of nitrogens with zero attached hydrogens (tertiary/aromatic N) is 2. The lowest BCUT2D eigenvalue weighted by molar-refractivity contribution is -0.141. The van der Waals surface area contributed by atoms with Crippen LogP contribution in [-0.4, -0.2) is 50.7 Å². The van der Waals surface area contributed by atoms with E-state index in [9.17, 15) is 14.7 Å². The highest BCUT2D eigenvalue weighted by atomic mass is 32.1. The summed E-state index contributed by atoms with van der Waals surface area (Å²) in [6.07, 6.45) is 0.662. The van der Waals surface area contributed by atoms with Crippen LogP contribution < -0.4 is 10.6 Å². The summed E-state index contributed by atoms with van der Waals surface area (Å²) in [5, 5.41) is 24.3. The van der Waals surface area contributed by atoms with Gasteiger partial charge in [0.25, 0.3) is 5.91 Å². The van der Waals surface area contributed by atoms with Crippen molar-refractivity contribution in [3.8, 4) is 0 Å². The summed E-state index contributed by atoms with van der Waals surface area (Å²) in [7, 11) is 0. The average molecular weight is 390 g/mol. The van der Waals surface area contributed by atoms with Crippen LogP contribution in [0.1, 0.15) is 51.6 Å². The third kappa shape index (κ3) is 3.93. The third-order valence-electron chi connectivity index (χ3n) is 4.76. The Hall–Kier alpha value is -2.52. The monoisotopic (exact) mass is 390 g/mol. The summed E-state index contributed by atoms with van der Waals surface area (Å²) < 4.78 is 0. The minimum Gasteiger partial charge on any atom is -0.480 e. The molecular formula is C18H22N4O4S. The second-order valence-corrected chi connectivity index (χ2v) is 7.84. The smallest absolute Gasteiger partial charge is 0.328 e. The number of nitrogens with one attached hydrogen (secondary N) is 2. The number of aromatic nitrogens is 2. The number of carboxylic acid groups (broad SMARTS) is 1. The molecule has 0 saturated heterocycles. The second-order valence-electron chi connectivity index (χ2n) is 6.73. The summed E-state index contributed by atoms with van der Waals surface area (Å²) in [5.74, 6) is 0.136. The van der Waals surface area contributed by atoms with Gasteiger partial charge in [-0.1, -0.05) is 6.92 Å². The standard InChI is InChI=1S/C18H22N4O4S/c1-8(11-6-20-16-12(11)7-19-10(3)21-16)13-4-5-14(27-13)17(24)22-15(9(2)23)18(25)26/h4-5,7-9,11,15,23H,6H2,1-3H3,(H,22,24)(H,25,26)(H,19,20,21)/t8?,9-,11?,15+/m1/s1. The first kappa shape index (κ1) is 19.2. The number of aliphatic carboxylic acids is 1. The lowest BCUT2D eigenvalue weighted by atomic mass is 9.89. The topological polar surface area (TPSA) is 124 Å². The highest BCUT2D eigenvalue weighted by Gasteiger charge is 2.31. The van der Waals surface area contributed by atoms with Gasteiger partial charge in [0, 0.05) is 29.1 Å². The van der Waals surface area contributed by atoms with Gasteiger partial charge in [-0.2, -0.15) is 0 Å². The molecule has 2 unspecified atom stereocenters. The van der Waals surface area contributed by atoms with Gasteiger partial charge >= 0.3 is 5.97 Å². The predicted molar refractivity (Wildman–Crippen MR) is 101 cm³/mol. The number of aliphatic hydroxyl groups excluding tert-OH is 1. The SMILES string of the molecule is Cc1ncc2c(n1)NCC2C(C)c1ccc(C(=O)N[C@H](C(=O)O)[C@@H](C)O)s1. The molecule has 0 aromatic carbocycles. The molecule has 4 atom stereocenters. The maximum atomic E-state index is 12.3. The minimum atomic E-state index is -1.34. The van der Waals surface area contributed by atoms with E-state index in [1.165, 1.54) is 18.3 Å². The Morgan fingerprint density at radius 2 is 2.11 bits per heavy atom. The Morgan fingerprint density at radius 1 is 1.37 bits per heavy atom. The van der Waals surface area contributed by atoms with Crippen LogP contribution in [0.2, 0.25) is 0 Å². The van der Waals surface area contributed by atoms with Crippen LogP contribution in [0.25, 0.3) is 0 Å². The van der Waals surface area contributed by atoms with Crippen LogP contribution in [0.4, 0.5) is 5.82 Å². The molecule has 4 N–H and O–H groups in total. The van der Waals surface area contributed by atoms with Gasteiger partial charge < -0.3 is 20.8 Å². The molecule has 0 bridgehead atoms. The molecule has 27 heavy (non-hydrogen) atoms. The number of carboxylic acids is 1. The molecular weight excluding hydrogens is 368 g/mol. The number of hydrogen-bond donors (Lipinski definition) is 4. The first-order valence-corrected chi connectivity index (χ1v) is 9.48. The van der Waals surface area contributed by atoms with Gasteiger partial charge in [0.1, 0.15) is 11.6 Å². The number of anilines is 1. The molecule has 1 aliphatic rings. The number of carbonyl (C=O) groups excluding carboxylic acids is 1. The van der Waals surface area contributed by atoms with Gasteiger partial charge in [-0.15, -0.1) is 11.3 Å². The number of amides is 1. The summed E-state index contributed by atoms with van der Waals surface area (Å²) in [6.45, 7) is 6.01. The highest BCUT2D eigenvalue weighted by molar-refractivity contribution is 7.14. The van der Waals surface area contributed by atoms with E-state index in [2.05, 4.69) is 27.5 Å². The molecule has 1 amide bonds. The molecule has 2 aromatic rings. The van der Waals surface area contributed by atoms with E-state index in [0.29, 0.717) is 4.88 Å². The van der Waals surface area contributed by atoms with Crippen molar-refractivity contribution in [1.82, 2.24) is 15.3 Å². The first-order valence-electron chi connectivity index (χ1n) is 8.66. The van der Waals surface area contributed by atoms with Crippen LogP contribution in [0.5, 0.6) is 0 Å². The van der Waals surface area contributed by atoms with E-state index in [1.807, 2.05) is 19.2 Å². The fourth-order valence-corrected chi connectivity index (χ4v) is 4.20. The quantitative estimate of drug-likeness (QED) is 0.592. The Bertz CT molecular complexity index is 867. The van der Waals surface area contributed by atoms with Crippen molar-refractivity contribution in [3.63, 3.8) is 0 Å². The Labute approximate surface area is 160 Å². The molecule has 3 rings (SSSR count). The Balaban J connectivity index is 1.74. The van der Waals surface area contributed by atoms with Gasteiger partial charge in [-0.25, -0.2) is 14.8 Å². The highest BCUT2D eigenvalue weighted by Crippen LogP contribution is 2.41. The van der Waals surface area contributed by atoms with Gasteiger partial charge in [0.05, 0.1) is 11.0 Å². The fourth-order valence-electron chi connectivity index (χ4n) is 3.17. The zero-order valence-corrected chi connectivity index (χ0v) is 16.1. The summed E-state index contributed by atoms with van der Waals surface area (Å²) in [5.41, 5.74) is 1.06. The number of fused-ring (bicyclic) bond motifs is 1. The number of aryl methyl sites for hydroxylation is 1. The largest absolute Gasteiger partial charge is 0.480 e. The molecule has 0 spiro atoms. The van der Waals surface area contributed by atoms with Crippen LogP contribution in [0.15, 0.2) is 18.3 Å². The number of thiophene rings is 1. The first-order chi connectivity index (χ1) is 12.8.